The van der Waals surface area contributed by atoms with Gasteiger partial charge in [-0.1, -0.05) is 42.1 Å². The van der Waals surface area contributed by atoms with Crippen LogP contribution in [-0.4, -0.2) is 18.0 Å². The van der Waals surface area contributed by atoms with E-state index in [9.17, 15) is 4.79 Å². The smallest absolute Gasteiger partial charge is 0.241 e. The van der Waals surface area contributed by atoms with E-state index in [-0.39, 0.29) is 11.9 Å². The average Bonchev–Trinajstić information content (AvgIpc) is 2.87. The minimum atomic E-state index is -0.129. The molecule has 1 saturated carbocycles. The number of anilines is 1. The first kappa shape index (κ1) is 14.2. The van der Waals surface area contributed by atoms with Gasteiger partial charge in [0.15, 0.2) is 0 Å². The molecule has 108 valence electrons. The summed E-state index contributed by atoms with van der Waals surface area (Å²) in [5.41, 5.74) is 0.512. The first-order valence-corrected chi connectivity index (χ1v) is 7.91. The number of carbonyl (C=O) groups excluding carboxylic acids is 1. The first-order valence-electron chi connectivity index (χ1n) is 7.16. The van der Waals surface area contributed by atoms with Crippen molar-refractivity contribution in [3.05, 3.63) is 28.2 Å². The van der Waals surface area contributed by atoms with Crippen molar-refractivity contribution >= 4 is 34.8 Å². The largest absolute Gasteiger partial charge is 0.322 e. The van der Waals surface area contributed by atoms with Crippen molar-refractivity contribution < 1.29 is 4.79 Å². The Bertz CT molecular complexity index is 486. The second-order valence-corrected chi connectivity index (χ2v) is 6.51. The quantitative estimate of drug-likeness (QED) is 0.870. The minimum Gasteiger partial charge on any atom is -0.322 e. The summed E-state index contributed by atoms with van der Waals surface area (Å²) in [6.07, 6.45) is 5.88. The number of para-hydroxylation sites is 1. The molecule has 2 aliphatic rings. The number of fused-ring (bicyclic) bond motifs is 1. The fraction of sp³-hybridized carbons (Fsp3) is 0.533. The van der Waals surface area contributed by atoms with Gasteiger partial charge in [0.1, 0.15) is 0 Å². The van der Waals surface area contributed by atoms with Gasteiger partial charge in [-0.25, -0.2) is 0 Å². The molecule has 1 aliphatic carbocycles. The van der Waals surface area contributed by atoms with Gasteiger partial charge in [-0.3, -0.25) is 4.79 Å². The highest BCUT2D eigenvalue weighted by molar-refractivity contribution is 6.39. The van der Waals surface area contributed by atoms with Crippen LogP contribution in [0.4, 0.5) is 5.69 Å². The third-order valence-electron chi connectivity index (χ3n) is 4.39. The lowest BCUT2D eigenvalue weighted by atomic mass is 9.85. The average molecular weight is 313 g/mol. The maximum atomic E-state index is 12.4. The highest BCUT2D eigenvalue weighted by Gasteiger charge is 2.38. The van der Waals surface area contributed by atoms with E-state index in [2.05, 4.69) is 10.6 Å². The monoisotopic (exact) mass is 312 g/mol. The summed E-state index contributed by atoms with van der Waals surface area (Å²) in [4.78, 5) is 12.4. The number of hydrogen-bond donors (Lipinski definition) is 2. The molecule has 2 N–H and O–H groups in total. The molecule has 0 spiro atoms. The van der Waals surface area contributed by atoms with Crippen LogP contribution in [0.15, 0.2) is 18.2 Å². The summed E-state index contributed by atoms with van der Waals surface area (Å²) >= 11 is 12.2. The van der Waals surface area contributed by atoms with Crippen molar-refractivity contribution in [3.63, 3.8) is 0 Å². The molecule has 0 radical (unpaired) electrons. The number of halogens is 2. The Kier molecular flexibility index (Phi) is 4.20. The Morgan fingerprint density at radius 2 is 1.90 bits per heavy atom. The Balaban J connectivity index is 1.68. The van der Waals surface area contributed by atoms with Crippen LogP contribution >= 0.6 is 23.2 Å². The number of nitrogens with one attached hydrogen (secondary N) is 2. The summed E-state index contributed by atoms with van der Waals surface area (Å²) in [5, 5.41) is 7.27. The van der Waals surface area contributed by atoms with Crippen molar-refractivity contribution in [2.75, 3.05) is 5.32 Å². The van der Waals surface area contributed by atoms with Gasteiger partial charge in [-0.2, -0.15) is 0 Å². The Labute approximate surface area is 129 Å². The van der Waals surface area contributed by atoms with E-state index >= 15 is 0 Å². The topological polar surface area (TPSA) is 41.1 Å². The molecule has 20 heavy (non-hydrogen) atoms. The molecular formula is C15H18Cl2N2O. The lowest BCUT2D eigenvalue weighted by molar-refractivity contribution is -0.117. The summed E-state index contributed by atoms with van der Waals surface area (Å²) < 4.78 is 0. The van der Waals surface area contributed by atoms with Crippen LogP contribution in [0.1, 0.15) is 32.1 Å². The normalized spacial score (nSPS) is 29.0. The van der Waals surface area contributed by atoms with Gasteiger partial charge < -0.3 is 10.6 Å². The molecule has 0 aromatic heterocycles. The van der Waals surface area contributed by atoms with Crippen molar-refractivity contribution in [1.29, 1.82) is 0 Å². The van der Waals surface area contributed by atoms with E-state index < -0.39 is 0 Å². The highest BCUT2D eigenvalue weighted by Crippen LogP contribution is 2.34. The molecule has 3 unspecified atom stereocenters. The van der Waals surface area contributed by atoms with Gasteiger partial charge in [-0.15, -0.1) is 0 Å². The molecule has 1 saturated heterocycles. The summed E-state index contributed by atoms with van der Waals surface area (Å²) in [6.45, 7) is 0. The fourth-order valence-electron chi connectivity index (χ4n) is 3.35. The van der Waals surface area contributed by atoms with E-state index in [1.54, 1.807) is 18.2 Å². The van der Waals surface area contributed by atoms with Gasteiger partial charge in [-0.05, 0) is 37.3 Å². The predicted molar refractivity (Wildman–Crippen MR) is 82.4 cm³/mol. The maximum Gasteiger partial charge on any atom is 0.241 e. The van der Waals surface area contributed by atoms with Crippen molar-refractivity contribution in [2.24, 2.45) is 5.92 Å². The number of amides is 1. The van der Waals surface area contributed by atoms with E-state index in [0.717, 1.165) is 6.42 Å². The zero-order valence-electron chi connectivity index (χ0n) is 11.2. The Hall–Kier alpha value is -0.770. The molecule has 1 amide bonds. The first-order chi connectivity index (χ1) is 9.65. The third-order valence-corrected chi connectivity index (χ3v) is 5.02. The number of hydrogen-bond acceptors (Lipinski definition) is 2. The molecular weight excluding hydrogens is 295 g/mol. The Morgan fingerprint density at radius 3 is 2.60 bits per heavy atom. The summed E-state index contributed by atoms with van der Waals surface area (Å²) in [7, 11) is 0. The molecule has 3 rings (SSSR count). The van der Waals surface area contributed by atoms with Crippen LogP contribution in [-0.2, 0) is 4.79 Å². The van der Waals surface area contributed by atoms with Gasteiger partial charge in [0.2, 0.25) is 5.91 Å². The molecule has 2 fully saturated rings. The molecule has 1 aliphatic heterocycles. The van der Waals surface area contributed by atoms with E-state index in [0.29, 0.717) is 27.7 Å². The van der Waals surface area contributed by atoms with Crippen LogP contribution in [0.5, 0.6) is 0 Å². The van der Waals surface area contributed by atoms with Crippen LogP contribution in [0.2, 0.25) is 10.0 Å². The molecule has 0 bridgehead atoms. The lowest BCUT2D eigenvalue weighted by Gasteiger charge is -2.24. The van der Waals surface area contributed by atoms with E-state index in [1.807, 2.05) is 0 Å². The number of carbonyl (C=O) groups is 1. The number of benzene rings is 1. The lowest BCUT2D eigenvalue weighted by Crippen LogP contribution is -2.40. The molecule has 3 atom stereocenters. The van der Waals surface area contributed by atoms with Crippen LogP contribution < -0.4 is 10.6 Å². The predicted octanol–water partition coefficient (Wildman–Crippen LogP) is 3.85. The van der Waals surface area contributed by atoms with Crippen LogP contribution in [0.3, 0.4) is 0 Å². The molecule has 1 aromatic rings. The second kappa shape index (κ2) is 5.92. The van der Waals surface area contributed by atoms with Gasteiger partial charge >= 0.3 is 0 Å². The second-order valence-electron chi connectivity index (χ2n) is 5.69. The van der Waals surface area contributed by atoms with Crippen LogP contribution in [0.25, 0.3) is 0 Å². The molecule has 5 heteroatoms. The van der Waals surface area contributed by atoms with E-state index in [1.165, 1.54) is 25.7 Å². The zero-order chi connectivity index (χ0) is 14.1. The van der Waals surface area contributed by atoms with Crippen LogP contribution in [0, 0.1) is 5.92 Å². The van der Waals surface area contributed by atoms with Gasteiger partial charge in [0, 0.05) is 6.04 Å². The highest BCUT2D eigenvalue weighted by atomic mass is 35.5. The molecule has 1 aromatic carbocycles. The molecule has 1 heterocycles. The summed E-state index contributed by atoms with van der Waals surface area (Å²) in [5.74, 6) is 0.607. The van der Waals surface area contributed by atoms with Gasteiger partial charge in [0.05, 0.1) is 21.8 Å². The van der Waals surface area contributed by atoms with Crippen molar-refractivity contribution in [3.8, 4) is 0 Å². The van der Waals surface area contributed by atoms with Crippen molar-refractivity contribution in [1.82, 2.24) is 5.32 Å². The standard InChI is InChI=1S/C15H18Cl2N2O/c16-10-5-3-6-11(17)14(10)19-15(20)13-8-9-4-1-2-7-12(9)18-13/h3,5-6,9,12-13,18H,1-2,4,7-8H2,(H,19,20). The minimum absolute atomic E-state index is 0.0330. The third kappa shape index (κ3) is 2.80. The SMILES string of the molecule is O=C(Nc1c(Cl)cccc1Cl)C1CC2CCCCC2N1. The number of rotatable bonds is 2. The van der Waals surface area contributed by atoms with E-state index in [4.69, 9.17) is 23.2 Å². The zero-order valence-corrected chi connectivity index (χ0v) is 12.7. The Morgan fingerprint density at radius 1 is 1.20 bits per heavy atom. The maximum absolute atomic E-state index is 12.4. The van der Waals surface area contributed by atoms with Crippen molar-refractivity contribution in [2.45, 2.75) is 44.2 Å². The summed E-state index contributed by atoms with van der Waals surface area (Å²) in [6, 6.07) is 5.59. The van der Waals surface area contributed by atoms with Gasteiger partial charge in [0.25, 0.3) is 0 Å². The molecule has 3 nitrogen and oxygen atoms in total. The fourth-order valence-corrected chi connectivity index (χ4v) is 3.84.